The molecule has 1 aliphatic heterocycles. The van der Waals surface area contributed by atoms with Crippen LogP contribution in [-0.2, 0) is 4.74 Å². The lowest BCUT2D eigenvalue weighted by atomic mass is 10.0. The Kier molecular flexibility index (Phi) is 4.37. The molecule has 4 rings (SSSR count). The van der Waals surface area contributed by atoms with E-state index in [2.05, 4.69) is 20.9 Å². The zero-order valence-corrected chi connectivity index (χ0v) is 14.3. The van der Waals surface area contributed by atoms with Crippen LogP contribution in [0.5, 0.6) is 0 Å². The molecule has 0 radical (unpaired) electrons. The lowest BCUT2D eigenvalue weighted by Gasteiger charge is -2.28. The van der Waals surface area contributed by atoms with Crippen LogP contribution in [0.2, 0.25) is 0 Å². The average molecular weight is 348 g/mol. The molecule has 3 aromatic heterocycles. The van der Waals surface area contributed by atoms with E-state index < -0.39 is 0 Å². The molecule has 3 aromatic rings. The predicted molar refractivity (Wildman–Crippen MR) is 103 cm³/mol. The van der Waals surface area contributed by atoms with Gasteiger partial charge in [-0.1, -0.05) is 0 Å². The number of fused-ring (bicyclic) bond motifs is 1. The number of nitrogens with two attached hydrogens (primary N) is 1. The second-order valence-electron chi connectivity index (χ2n) is 6.07. The summed E-state index contributed by atoms with van der Waals surface area (Å²) in [6.45, 7) is 2.98. The van der Waals surface area contributed by atoms with E-state index in [-0.39, 0.29) is 0 Å². The van der Waals surface area contributed by atoms with Crippen LogP contribution in [0.4, 0.5) is 5.82 Å². The quantitative estimate of drug-likeness (QED) is 0.628. The highest BCUT2D eigenvalue weighted by Gasteiger charge is 2.18. The third kappa shape index (κ3) is 2.93. The van der Waals surface area contributed by atoms with Crippen molar-refractivity contribution >= 4 is 28.6 Å². The highest BCUT2D eigenvalue weighted by atomic mass is 16.5. The van der Waals surface area contributed by atoms with Crippen molar-refractivity contribution in [2.24, 2.45) is 5.73 Å². The number of nitrogens with zero attached hydrogens (tertiary/aromatic N) is 3. The molecule has 4 N–H and O–H groups in total. The van der Waals surface area contributed by atoms with Crippen molar-refractivity contribution in [3.05, 3.63) is 48.6 Å². The molecule has 0 unspecified atom stereocenters. The minimum atomic E-state index is 0.428. The summed E-state index contributed by atoms with van der Waals surface area (Å²) in [6, 6.07) is 6.10. The molecule has 4 heterocycles. The number of allylic oxidation sites excluding steroid dienone is 1. The maximum Gasteiger partial charge on any atom is 0.130 e. The van der Waals surface area contributed by atoms with Gasteiger partial charge in [0.25, 0.3) is 0 Å². The molecule has 7 nitrogen and oxygen atoms in total. The zero-order valence-electron chi connectivity index (χ0n) is 14.3. The maximum absolute atomic E-state index is 7.29. The molecule has 132 valence electrons. The molecule has 1 aliphatic rings. The number of aromatic nitrogens is 3. The molecule has 0 bridgehead atoms. The minimum Gasteiger partial charge on any atom is -0.397 e. The molecular formula is C19H20N6O. The van der Waals surface area contributed by atoms with Crippen LogP contribution in [0.15, 0.2) is 42.9 Å². The largest absolute Gasteiger partial charge is 0.397 e. The number of morpholine rings is 1. The van der Waals surface area contributed by atoms with Crippen molar-refractivity contribution in [3.63, 3.8) is 0 Å². The molecule has 7 heteroatoms. The fourth-order valence-electron chi connectivity index (χ4n) is 3.20. The number of nitrogens with one attached hydrogen (secondary N) is 2. The number of pyridine rings is 2. The van der Waals surface area contributed by atoms with Gasteiger partial charge >= 0.3 is 0 Å². The van der Waals surface area contributed by atoms with Crippen molar-refractivity contribution in [2.75, 3.05) is 31.2 Å². The number of ether oxygens (including phenoxy) is 1. The third-order valence-corrected chi connectivity index (χ3v) is 4.49. The first-order chi connectivity index (χ1) is 12.8. The van der Waals surface area contributed by atoms with E-state index in [4.69, 9.17) is 20.9 Å². The lowest BCUT2D eigenvalue weighted by Crippen LogP contribution is -2.36. The van der Waals surface area contributed by atoms with Crippen molar-refractivity contribution in [3.8, 4) is 11.1 Å². The second kappa shape index (κ2) is 6.97. The van der Waals surface area contributed by atoms with Gasteiger partial charge in [-0.3, -0.25) is 4.98 Å². The van der Waals surface area contributed by atoms with Gasteiger partial charge in [-0.2, -0.15) is 0 Å². The fourth-order valence-corrected chi connectivity index (χ4v) is 3.20. The topological polar surface area (TPSA) is 104 Å². The Labute approximate surface area is 151 Å². The van der Waals surface area contributed by atoms with Crippen molar-refractivity contribution in [1.82, 2.24) is 15.0 Å². The highest BCUT2D eigenvalue weighted by Crippen LogP contribution is 2.33. The Morgan fingerprint density at radius 1 is 1.31 bits per heavy atom. The Morgan fingerprint density at radius 2 is 2.15 bits per heavy atom. The van der Waals surface area contributed by atoms with Crippen molar-refractivity contribution in [1.29, 1.82) is 5.41 Å². The first kappa shape index (κ1) is 16.3. The van der Waals surface area contributed by atoms with Crippen LogP contribution in [0.25, 0.3) is 27.7 Å². The standard InChI is InChI=1S/C19H20N6O/c20-4-1-16(21)19-18-14(3-6-23-19)15(13-2-5-22-12-13)11-17(24-18)25-7-9-26-10-8-25/h1-6,11-12,20,22H,7-10,21H2/b16-1-,20-4?. The Hall–Kier alpha value is -3.19. The minimum absolute atomic E-state index is 0.428. The Bertz CT molecular complexity index is 958. The second-order valence-corrected chi connectivity index (χ2v) is 6.07. The molecule has 1 fully saturated rings. The SMILES string of the molecule is N=C/C=C(\N)c1nccc2c(-c3cc[nH]c3)cc(N3CCOCC3)nc12. The number of rotatable bonds is 4. The number of hydrogen-bond acceptors (Lipinski definition) is 6. The van der Waals surface area contributed by atoms with Crippen molar-refractivity contribution in [2.45, 2.75) is 0 Å². The summed E-state index contributed by atoms with van der Waals surface area (Å²) in [4.78, 5) is 14.6. The van der Waals surface area contributed by atoms with E-state index in [0.717, 1.165) is 47.2 Å². The smallest absolute Gasteiger partial charge is 0.130 e. The van der Waals surface area contributed by atoms with Crippen LogP contribution in [0, 0.1) is 5.41 Å². The summed E-state index contributed by atoms with van der Waals surface area (Å²) in [5, 5.41) is 8.27. The van der Waals surface area contributed by atoms with E-state index in [1.54, 1.807) is 6.20 Å². The van der Waals surface area contributed by atoms with E-state index in [1.165, 1.54) is 6.08 Å². The lowest BCUT2D eigenvalue weighted by molar-refractivity contribution is 0.122. The number of H-pyrrole nitrogens is 1. The van der Waals surface area contributed by atoms with E-state index >= 15 is 0 Å². The molecule has 26 heavy (non-hydrogen) atoms. The van der Waals surface area contributed by atoms with Gasteiger partial charge in [0.15, 0.2) is 0 Å². The van der Waals surface area contributed by atoms with E-state index in [0.29, 0.717) is 24.6 Å². The molecule has 1 saturated heterocycles. The molecular weight excluding hydrogens is 328 g/mol. The van der Waals surface area contributed by atoms with Crippen LogP contribution in [-0.4, -0.2) is 47.5 Å². The van der Waals surface area contributed by atoms with Crippen LogP contribution < -0.4 is 10.6 Å². The first-order valence-corrected chi connectivity index (χ1v) is 8.50. The monoisotopic (exact) mass is 348 g/mol. The third-order valence-electron chi connectivity index (χ3n) is 4.49. The van der Waals surface area contributed by atoms with Gasteiger partial charge in [-0.05, 0) is 35.4 Å². The molecule has 0 aromatic carbocycles. The summed E-state index contributed by atoms with van der Waals surface area (Å²) in [5.74, 6) is 0.883. The van der Waals surface area contributed by atoms with Gasteiger partial charge in [-0.25, -0.2) is 4.98 Å². The zero-order chi connectivity index (χ0) is 17.9. The first-order valence-electron chi connectivity index (χ1n) is 8.50. The van der Waals surface area contributed by atoms with Gasteiger partial charge in [0.05, 0.1) is 18.9 Å². The summed E-state index contributed by atoms with van der Waals surface area (Å²) in [6.07, 6.45) is 8.29. The molecule has 0 saturated carbocycles. The molecule has 0 spiro atoms. The molecule has 0 amide bonds. The van der Waals surface area contributed by atoms with E-state index in [9.17, 15) is 0 Å². The van der Waals surface area contributed by atoms with Gasteiger partial charge in [0, 0.05) is 43.3 Å². The Morgan fingerprint density at radius 3 is 2.88 bits per heavy atom. The van der Waals surface area contributed by atoms with Gasteiger partial charge in [-0.15, -0.1) is 0 Å². The van der Waals surface area contributed by atoms with Gasteiger partial charge in [0.2, 0.25) is 0 Å². The highest BCUT2D eigenvalue weighted by molar-refractivity contribution is 6.01. The van der Waals surface area contributed by atoms with Crippen LogP contribution in [0.1, 0.15) is 5.69 Å². The summed E-state index contributed by atoms with van der Waals surface area (Å²) >= 11 is 0. The predicted octanol–water partition coefficient (Wildman–Crippen LogP) is 2.41. The summed E-state index contributed by atoms with van der Waals surface area (Å²) in [5.41, 5.74) is 10.1. The number of hydrogen-bond donors (Lipinski definition) is 3. The van der Waals surface area contributed by atoms with Gasteiger partial charge < -0.3 is 25.8 Å². The number of aromatic amines is 1. The Balaban J connectivity index is 1.97. The van der Waals surface area contributed by atoms with Crippen molar-refractivity contribution < 1.29 is 4.74 Å². The molecule has 0 aliphatic carbocycles. The van der Waals surface area contributed by atoms with Crippen LogP contribution >= 0.6 is 0 Å². The van der Waals surface area contributed by atoms with E-state index in [1.807, 2.05) is 24.5 Å². The summed E-state index contributed by atoms with van der Waals surface area (Å²) < 4.78 is 5.46. The van der Waals surface area contributed by atoms with Crippen LogP contribution in [0.3, 0.4) is 0 Å². The maximum atomic E-state index is 7.29. The fraction of sp³-hybridized carbons (Fsp3) is 0.211. The molecule has 0 atom stereocenters. The normalized spacial score (nSPS) is 15.4. The average Bonchev–Trinajstić information content (AvgIpc) is 3.22. The van der Waals surface area contributed by atoms with Gasteiger partial charge in [0.1, 0.15) is 17.0 Å². The number of anilines is 1. The summed E-state index contributed by atoms with van der Waals surface area (Å²) in [7, 11) is 0.